The van der Waals surface area contributed by atoms with E-state index in [1.165, 1.54) is 54.9 Å². The lowest BCUT2D eigenvalue weighted by Crippen LogP contribution is -2.09. The highest BCUT2D eigenvalue weighted by Crippen LogP contribution is 2.43. The normalized spacial score (nSPS) is 11.3. The summed E-state index contributed by atoms with van der Waals surface area (Å²) in [6, 6.07) is 103. The molecule has 2 nitrogen and oxygen atoms in total. The van der Waals surface area contributed by atoms with Gasteiger partial charge in [0.2, 0.25) is 0 Å². The average molecular weight is 918 g/mol. The zero-order chi connectivity index (χ0) is 47.8. The minimum Gasteiger partial charge on any atom is -0.455 e. The third kappa shape index (κ3) is 8.11. The van der Waals surface area contributed by atoms with E-state index in [2.05, 4.69) is 278 Å². The maximum atomic E-state index is 6.58. The van der Waals surface area contributed by atoms with Gasteiger partial charge in [-0.3, -0.25) is 0 Å². The van der Waals surface area contributed by atoms with Gasteiger partial charge in [0.05, 0.1) is 0 Å². The van der Waals surface area contributed by atoms with Crippen LogP contribution >= 0.6 is 0 Å². The number of hydrogen-bond acceptors (Lipinski definition) is 2. The third-order valence-corrected chi connectivity index (χ3v) is 14.1. The fraction of sp³-hybridized carbons (Fsp3) is 0. The van der Waals surface area contributed by atoms with Crippen molar-refractivity contribution < 1.29 is 4.42 Å². The van der Waals surface area contributed by atoms with Gasteiger partial charge in [0.25, 0.3) is 0 Å². The van der Waals surface area contributed by atoms with Crippen LogP contribution in [-0.2, 0) is 0 Å². The molecule has 0 atom stereocenters. The minimum absolute atomic E-state index is 0.884. The van der Waals surface area contributed by atoms with Gasteiger partial charge < -0.3 is 9.32 Å². The largest absolute Gasteiger partial charge is 0.455 e. The first-order valence-electron chi connectivity index (χ1n) is 24.6. The van der Waals surface area contributed by atoms with E-state index >= 15 is 0 Å². The van der Waals surface area contributed by atoms with Gasteiger partial charge in [-0.1, -0.05) is 224 Å². The molecule has 0 N–H and O–H groups in total. The SMILES string of the molecule is c1ccc(-c2cccc(-c3ccc(N(c4ccc(-c5ccc(-c6cccc(-c7oc8ccccc8c7-c7ccccc7)c6)cc5)cc4)c4ccc(-c5ccc6c(ccc7ccccc76)c5)cc4)cc3)c2)cc1. The first-order chi connectivity index (χ1) is 35.7. The molecule has 12 aromatic carbocycles. The molecule has 0 radical (unpaired) electrons. The fourth-order valence-corrected chi connectivity index (χ4v) is 10.4. The van der Waals surface area contributed by atoms with Crippen molar-refractivity contribution in [2.24, 2.45) is 0 Å². The van der Waals surface area contributed by atoms with Crippen molar-refractivity contribution in [2.75, 3.05) is 4.90 Å². The van der Waals surface area contributed by atoms with Crippen LogP contribution in [0.4, 0.5) is 17.1 Å². The highest BCUT2D eigenvalue weighted by atomic mass is 16.3. The van der Waals surface area contributed by atoms with Crippen molar-refractivity contribution in [1.82, 2.24) is 0 Å². The van der Waals surface area contributed by atoms with E-state index in [4.69, 9.17) is 4.42 Å². The standard InChI is InChI=1S/C70H47NO/c1-3-13-48(14-4-1)56-18-11-19-57(45-56)52-33-40-63(41-34-52)71(64-42-35-53(36-43-64)59-37-44-66-60(46-59)30-29-54-15-7-8-22-65(54)66)62-38-31-50(32-39-62)49-25-27-51(28-26-49)58-20-12-21-61(47-58)70-69(55-16-5-2-6-17-55)67-23-9-10-24-68(67)72-70/h1-47H. The van der Waals surface area contributed by atoms with Crippen LogP contribution in [0.1, 0.15) is 0 Å². The number of furan rings is 1. The number of benzene rings is 12. The van der Waals surface area contributed by atoms with Crippen molar-refractivity contribution in [2.45, 2.75) is 0 Å². The molecule has 338 valence electrons. The lowest BCUT2D eigenvalue weighted by Gasteiger charge is -2.26. The Morgan fingerprint density at radius 3 is 1.18 bits per heavy atom. The molecule has 0 saturated carbocycles. The molecule has 1 aromatic heterocycles. The molecule has 1 heterocycles. The Morgan fingerprint density at radius 1 is 0.222 bits per heavy atom. The molecule has 0 unspecified atom stereocenters. The summed E-state index contributed by atoms with van der Waals surface area (Å²) >= 11 is 0. The van der Waals surface area contributed by atoms with Crippen LogP contribution in [0.3, 0.4) is 0 Å². The molecule has 72 heavy (non-hydrogen) atoms. The molecule has 13 aromatic rings. The van der Waals surface area contributed by atoms with E-state index in [0.29, 0.717) is 0 Å². The lowest BCUT2D eigenvalue weighted by atomic mass is 9.95. The van der Waals surface area contributed by atoms with E-state index < -0.39 is 0 Å². The number of rotatable bonds is 10. The molecule has 0 amide bonds. The predicted molar refractivity (Wildman–Crippen MR) is 304 cm³/mol. The third-order valence-electron chi connectivity index (χ3n) is 14.1. The Balaban J connectivity index is 0.810. The van der Waals surface area contributed by atoms with E-state index in [1.54, 1.807) is 0 Å². The summed E-state index contributed by atoms with van der Waals surface area (Å²) in [5.74, 6) is 0.884. The number of para-hydroxylation sites is 1. The van der Waals surface area contributed by atoms with Gasteiger partial charge in [0, 0.05) is 33.6 Å². The predicted octanol–water partition coefficient (Wildman–Crippen LogP) is 19.9. The maximum Gasteiger partial charge on any atom is 0.143 e. The number of nitrogens with zero attached hydrogens (tertiary/aromatic N) is 1. The molecule has 0 saturated heterocycles. The quantitative estimate of drug-likeness (QED) is 0.127. The van der Waals surface area contributed by atoms with Crippen molar-refractivity contribution in [3.05, 3.63) is 285 Å². The van der Waals surface area contributed by atoms with E-state index in [0.717, 1.165) is 72.7 Å². The van der Waals surface area contributed by atoms with Crippen molar-refractivity contribution >= 4 is 49.6 Å². The fourth-order valence-electron chi connectivity index (χ4n) is 10.4. The molecular formula is C70H47NO. The molecule has 0 aliphatic heterocycles. The van der Waals surface area contributed by atoms with Crippen LogP contribution in [0.25, 0.3) is 111 Å². The molecule has 0 bridgehead atoms. The van der Waals surface area contributed by atoms with Gasteiger partial charge in [-0.2, -0.15) is 0 Å². The molecule has 0 aliphatic carbocycles. The summed E-state index contributed by atoms with van der Waals surface area (Å²) in [4.78, 5) is 2.35. The second-order valence-corrected chi connectivity index (χ2v) is 18.5. The molecule has 0 aliphatic rings. The van der Waals surface area contributed by atoms with Gasteiger partial charge in [-0.05, 0) is 143 Å². The zero-order valence-corrected chi connectivity index (χ0v) is 39.5. The van der Waals surface area contributed by atoms with Crippen molar-refractivity contribution in [1.29, 1.82) is 0 Å². The summed E-state index contributed by atoms with van der Waals surface area (Å²) in [6.07, 6.45) is 0. The van der Waals surface area contributed by atoms with E-state index in [-0.39, 0.29) is 0 Å². The van der Waals surface area contributed by atoms with Crippen LogP contribution in [0, 0.1) is 0 Å². The van der Waals surface area contributed by atoms with Gasteiger partial charge >= 0.3 is 0 Å². The topological polar surface area (TPSA) is 16.4 Å². The molecule has 0 fully saturated rings. The Hall–Kier alpha value is -9.50. The average Bonchev–Trinajstić information content (AvgIpc) is 3.86. The van der Waals surface area contributed by atoms with Gasteiger partial charge in [0.1, 0.15) is 11.3 Å². The molecule has 0 spiro atoms. The minimum atomic E-state index is 0.884. The highest BCUT2D eigenvalue weighted by molar-refractivity contribution is 6.08. The first kappa shape index (κ1) is 42.6. The zero-order valence-electron chi connectivity index (χ0n) is 39.5. The summed E-state index contributed by atoms with van der Waals surface area (Å²) < 4.78 is 6.58. The molecule has 2 heteroatoms. The number of anilines is 3. The summed E-state index contributed by atoms with van der Waals surface area (Å²) in [5, 5.41) is 6.18. The van der Waals surface area contributed by atoms with Crippen LogP contribution in [0.2, 0.25) is 0 Å². The Morgan fingerprint density at radius 2 is 0.597 bits per heavy atom. The van der Waals surface area contributed by atoms with Crippen molar-refractivity contribution in [3.8, 4) is 78.1 Å². The first-order valence-corrected chi connectivity index (χ1v) is 24.6. The molecule has 13 rings (SSSR count). The lowest BCUT2D eigenvalue weighted by molar-refractivity contribution is 0.632. The van der Waals surface area contributed by atoms with E-state index in [9.17, 15) is 0 Å². The van der Waals surface area contributed by atoms with Crippen LogP contribution in [0.15, 0.2) is 290 Å². The summed E-state index contributed by atoms with van der Waals surface area (Å²) in [6.45, 7) is 0. The highest BCUT2D eigenvalue weighted by Gasteiger charge is 2.19. The number of hydrogen-bond donors (Lipinski definition) is 0. The van der Waals surface area contributed by atoms with Crippen LogP contribution < -0.4 is 4.90 Å². The second-order valence-electron chi connectivity index (χ2n) is 18.5. The Kier molecular flexibility index (Phi) is 10.9. The summed E-state index contributed by atoms with van der Waals surface area (Å²) in [5.41, 5.74) is 19.2. The molecular weight excluding hydrogens is 871 g/mol. The summed E-state index contributed by atoms with van der Waals surface area (Å²) in [7, 11) is 0. The van der Waals surface area contributed by atoms with Gasteiger partial charge in [-0.15, -0.1) is 0 Å². The Labute approximate surface area is 420 Å². The van der Waals surface area contributed by atoms with Crippen LogP contribution in [-0.4, -0.2) is 0 Å². The second kappa shape index (κ2) is 18.4. The van der Waals surface area contributed by atoms with Gasteiger partial charge in [0.15, 0.2) is 0 Å². The Bertz CT molecular complexity index is 4040. The number of fused-ring (bicyclic) bond motifs is 4. The van der Waals surface area contributed by atoms with E-state index in [1.807, 2.05) is 12.1 Å². The monoisotopic (exact) mass is 917 g/mol. The van der Waals surface area contributed by atoms with Crippen LogP contribution in [0.5, 0.6) is 0 Å². The van der Waals surface area contributed by atoms with Gasteiger partial charge in [-0.25, -0.2) is 0 Å². The maximum absolute atomic E-state index is 6.58. The van der Waals surface area contributed by atoms with Crippen molar-refractivity contribution in [3.63, 3.8) is 0 Å². The smallest absolute Gasteiger partial charge is 0.143 e.